The Bertz CT molecular complexity index is 768. The van der Waals surface area contributed by atoms with Crippen LogP contribution in [0.5, 0.6) is 29.3 Å². The van der Waals surface area contributed by atoms with Crippen molar-refractivity contribution >= 4 is 5.97 Å². The average Bonchev–Trinajstić information content (AvgIpc) is 2.53. The first-order chi connectivity index (χ1) is 11.4. The van der Waals surface area contributed by atoms with Gasteiger partial charge in [0.05, 0.1) is 20.3 Å². The number of hydrogen-bond donors (Lipinski definition) is 0. The van der Waals surface area contributed by atoms with E-state index in [-0.39, 0.29) is 29.1 Å². The molecule has 8 nitrogen and oxygen atoms in total. The third-order valence-corrected chi connectivity index (χ3v) is 3.16. The molecule has 1 aromatic heterocycles. The van der Waals surface area contributed by atoms with Gasteiger partial charge < -0.3 is 23.7 Å². The number of esters is 1. The van der Waals surface area contributed by atoms with Crippen LogP contribution in [0, 0.1) is 0 Å². The van der Waals surface area contributed by atoms with Crippen LogP contribution >= 0.6 is 0 Å². The summed E-state index contributed by atoms with van der Waals surface area (Å²) in [5, 5.41) is 0. The minimum Gasteiger partial charge on any atom is -0.481 e. The summed E-state index contributed by atoms with van der Waals surface area (Å²) in [6.45, 7) is 3.30. The molecule has 0 saturated carbocycles. The summed E-state index contributed by atoms with van der Waals surface area (Å²) >= 11 is 0. The number of rotatable bonds is 4. The lowest BCUT2D eigenvalue weighted by Gasteiger charge is -2.32. The molecule has 1 aliphatic rings. The molecule has 126 valence electrons. The number of methoxy groups -OCH3 is 2. The number of benzene rings is 1. The molecule has 0 bridgehead atoms. The molecular weight excluding hydrogens is 316 g/mol. The van der Waals surface area contributed by atoms with E-state index in [1.54, 1.807) is 32.0 Å². The van der Waals surface area contributed by atoms with Crippen LogP contribution in [0.1, 0.15) is 24.2 Å². The Kier molecular flexibility index (Phi) is 3.88. The number of ether oxygens (including phenoxy) is 5. The predicted octanol–water partition coefficient (Wildman–Crippen LogP) is 2.57. The fraction of sp³-hybridized carbons (Fsp3) is 0.312. The smallest absolute Gasteiger partial charge is 0.349 e. The number of fused-ring (bicyclic) bond motifs is 1. The highest BCUT2D eigenvalue weighted by Gasteiger charge is 2.36. The zero-order chi connectivity index (χ0) is 17.3. The second-order valence-corrected chi connectivity index (χ2v) is 5.36. The number of aromatic nitrogens is 2. The van der Waals surface area contributed by atoms with E-state index in [0.717, 1.165) is 0 Å². The Labute approximate surface area is 138 Å². The normalized spacial score (nSPS) is 14.9. The minimum absolute atomic E-state index is 0.0303. The van der Waals surface area contributed by atoms with Gasteiger partial charge in [-0.3, -0.25) is 0 Å². The number of nitrogens with zero attached hydrogens (tertiary/aromatic N) is 2. The number of cyclic esters (lactones) is 1. The van der Waals surface area contributed by atoms with Gasteiger partial charge in [-0.2, -0.15) is 9.97 Å². The van der Waals surface area contributed by atoms with Gasteiger partial charge in [0.2, 0.25) is 17.5 Å². The predicted molar refractivity (Wildman–Crippen MR) is 81.8 cm³/mol. The Hall–Kier alpha value is -3.03. The standard InChI is InChI=1S/C16H16N2O6/c1-16(2)23-10-7-5-6-9(13(10)14(19)24-16)22-15-17-11(20-3)8-12(18-15)21-4/h5-8H,1-4H3. The van der Waals surface area contributed by atoms with Crippen LogP contribution in [0.15, 0.2) is 24.3 Å². The Morgan fingerprint density at radius 1 is 1.04 bits per heavy atom. The molecule has 0 amide bonds. The monoisotopic (exact) mass is 332 g/mol. The zero-order valence-electron chi connectivity index (χ0n) is 13.7. The number of carbonyl (C=O) groups excluding carboxylic acids is 1. The maximum absolute atomic E-state index is 12.3. The van der Waals surface area contributed by atoms with E-state index < -0.39 is 11.8 Å². The van der Waals surface area contributed by atoms with Gasteiger partial charge in [0.25, 0.3) is 0 Å². The van der Waals surface area contributed by atoms with E-state index in [9.17, 15) is 4.79 Å². The lowest BCUT2D eigenvalue weighted by atomic mass is 10.1. The van der Waals surface area contributed by atoms with Gasteiger partial charge in [-0.05, 0) is 12.1 Å². The molecule has 0 saturated heterocycles. The average molecular weight is 332 g/mol. The van der Waals surface area contributed by atoms with Crippen LogP contribution in [0.2, 0.25) is 0 Å². The van der Waals surface area contributed by atoms with Crippen LogP contribution in [0.3, 0.4) is 0 Å². The van der Waals surface area contributed by atoms with Crippen LogP contribution in [-0.2, 0) is 4.74 Å². The van der Waals surface area contributed by atoms with Gasteiger partial charge >= 0.3 is 12.0 Å². The Morgan fingerprint density at radius 2 is 1.71 bits per heavy atom. The zero-order valence-corrected chi connectivity index (χ0v) is 13.7. The molecule has 3 rings (SSSR count). The summed E-state index contributed by atoms with van der Waals surface area (Å²) in [7, 11) is 2.92. The maximum atomic E-state index is 12.3. The van der Waals surface area contributed by atoms with E-state index >= 15 is 0 Å². The van der Waals surface area contributed by atoms with E-state index in [1.807, 2.05) is 0 Å². The molecule has 2 heterocycles. The maximum Gasteiger partial charge on any atom is 0.349 e. The van der Waals surface area contributed by atoms with Gasteiger partial charge in [-0.25, -0.2) is 4.79 Å². The molecule has 0 fully saturated rings. The molecule has 0 spiro atoms. The molecule has 1 aromatic carbocycles. The summed E-state index contributed by atoms with van der Waals surface area (Å²) < 4.78 is 26.7. The van der Waals surface area contributed by atoms with E-state index in [2.05, 4.69) is 9.97 Å². The molecule has 0 N–H and O–H groups in total. The van der Waals surface area contributed by atoms with Crippen molar-refractivity contribution in [3.63, 3.8) is 0 Å². The minimum atomic E-state index is -1.04. The van der Waals surface area contributed by atoms with E-state index in [1.165, 1.54) is 20.3 Å². The summed E-state index contributed by atoms with van der Waals surface area (Å²) in [4.78, 5) is 20.4. The van der Waals surface area contributed by atoms with Gasteiger partial charge in [0.15, 0.2) is 0 Å². The third kappa shape index (κ3) is 3.03. The molecule has 0 radical (unpaired) electrons. The molecule has 24 heavy (non-hydrogen) atoms. The molecule has 0 aliphatic carbocycles. The molecular formula is C16H16N2O6. The highest BCUT2D eigenvalue weighted by atomic mass is 16.7. The first kappa shape index (κ1) is 15.9. The van der Waals surface area contributed by atoms with Crippen LogP contribution in [-0.4, -0.2) is 35.9 Å². The first-order valence-electron chi connectivity index (χ1n) is 7.12. The summed E-state index contributed by atoms with van der Waals surface area (Å²) in [5.41, 5.74) is 0.169. The highest BCUT2D eigenvalue weighted by Crippen LogP contribution is 2.38. The van der Waals surface area contributed by atoms with E-state index in [4.69, 9.17) is 23.7 Å². The largest absolute Gasteiger partial charge is 0.481 e. The summed E-state index contributed by atoms with van der Waals surface area (Å²) in [6.07, 6.45) is 0. The SMILES string of the molecule is COc1cc(OC)nc(Oc2cccc3c2C(=O)OC(C)(C)O3)n1. The highest BCUT2D eigenvalue weighted by molar-refractivity contribution is 5.96. The molecule has 0 unspecified atom stereocenters. The van der Waals surface area contributed by atoms with Gasteiger partial charge in [-0.1, -0.05) is 6.07 Å². The van der Waals surface area contributed by atoms with Crippen molar-refractivity contribution in [3.8, 4) is 29.3 Å². The first-order valence-corrected chi connectivity index (χ1v) is 7.12. The van der Waals surface area contributed by atoms with E-state index in [0.29, 0.717) is 5.75 Å². The Morgan fingerprint density at radius 3 is 2.33 bits per heavy atom. The topological polar surface area (TPSA) is 89.0 Å². The lowest BCUT2D eigenvalue weighted by Crippen LogP contribution is -2.38. The van der Waals surface area contributed by atoms with Crippen LogP contribution in [0.4, 0.5) is 0 Å². The number of hydrogen-bond acceptors (Lipinski definition) is 8. The van der Waals surface area contributed by atoms with Crippen molar-refractivity contribution in [2.75, 3.05) is 14.2 Å². The molecule has 2 aromatic rings. The molecule has 0 atom stereocenters. The molecule has 8 heteroatoms. The van der Waals surface area contributed by atoms with Crippen LogP contribution in [0.25, 0.3) is 0 Å². The number of carbonyl (C=O) groups is 1. The fourth-order valence-corrected chi connectivity index (χ4v) is 2.18. The van der Waals surface area contributed by atoms with Crippen molar-refractivity contribution < 1.29 is 28.5 Å². The van der Waals surface area contributed by atoms with Crippen LogP contribution < -0.4 is 18.9 Å². The fourth-order valence-electron chi connectivity index (χ4n) is 2.18. The van der Waals surface area contributed by atoms with Crippen molar-refractivity contribution in [2.45, 2.75) is 19.6 Å². The molecule has 1 aliphatic heterocycles. The van der Waals surface area contributed by atoms with Crippen molar-refractivity contribution in [1.82, 2.24) is 9.97 Å². The third-order valence-electron chi connectivity index (χ3n) is 3.16. The van der Waals surface area contributed by atoms with Gasteiger partial charge in [-0.15, -0.1) is 0 Å². The Balaban J connectivity index is 1.99. The second-order valence-electron chi connectivity index (χ2n) is 5.36. The van der Waals surface area contributed by atoms with Gasteiger partial charge in [0, 0.05) is 13.8 Å². The van der Waals surface area contributed by atoms with Crippen molar-refractivity contribution in [2.24, 2.45) is 0 Å². The lowest BCUT2D eigenvalue weighted by molar-refractivity contribution is -0.127. The quantitative estimate of drug-likeness (QED) is 0.789. The second kappa shape index (κ2) is 5.88. The van der Waals surface area contributed by atoms with Crippen molar-refractivity contribution in [1.29, 1.82) is 0 Å². The summed E-state index contributed by atoms with van der Waals surface area (Å²) in [6, 6.07) is 6.43. The van der Waals surface area contributed by atoms with Crippen molar-refractivity contribution in [3.05, 3.63) is 29.8 Å². The summed E-state index contributed by atoms with van der Waals surface area (Å²) in [5.74, 6) is -0.486. The van der Waals surface area contributed by atoms with Gasteiger partial charge in [0.1, 0.15) is 17.1 Å².